The Kier molecular flexibility index (Phi) is 4.19. The summed E-state index contributed by atoms with van der Waals surface area (Å²) in [5.74, 6) is -0.113. The Bertz CT molecular complexity index is 602. The second-order valence-corrected chi connectivity index (χ2v) is 6.68. The maximum absolute atomic E-state index is 12.6. The van der Waals surface area contributed by atoms with E-state index in [1.165, 1.54) is 12.3 Å². The third-order valence-electron chi connectivity index (χ3n) is 3.47. The van der Waals surface area contributed by atoms with Crippen molar-refractivity contribution in [1.82, 2.24) is 9.47 Å². The summed E-state index contributed by atoms with van der Waals surface area (Å²) in [5, 5.41) is 5.15. The fourth-order valence-corrected chi connectivity index (χ4v) is 2.90. The van der Waals surface area contributed by atoms with E-state index in [1.807, 2.05) is 13.8 Å². The number of hydrogen-bond donors (Lipinski definition) is 1. The molecule has 0 bridgehead atoms. The lowest BCUT2D eigenvalue weighted by molar-refractivity contribution is 0.0741. The van der Waals surface area contributed by atoms with Gasteiger partial charge in [0.15, 0.2) is 0 Å². The molecule has 1 saturated carbocycles. The first-order chi connectivity index (χ1) is 9.38. The van der Waals surface area contributed by atoms with E-state index in [4.69, 9.17) is 5.14 Å². The van der Waals surface area contributed by atoms with Gasteiger partial charge >= 0.3 is 0 Å². The van der Waals surface area contributed by atoms with Crippen molar-refractivity contribution < 1.29 is 13.2 Å². The van der Waals surface area contributed by atoms with Crippen LogP contribution in [0.15, 0.2) is 17.2 Å². The lowest BCUT2D eigenvalue weighted by atomic mass is 10.3. The minimum Gasteiger partial charge on any atom is -0.342 e. The van der Waals surface area contributed by atoms with Crippen LogP contribution in [-0.2, 0) is 16.6 Å². The highest BCUT2D eigenvalue weighted by molar-refractivity contribution is 7.89. The van der Waals surface area contributed by atoms with Gasteiger partial charge in [0.25, 0.3) is 5.91 Å². The standard InChI is InChI=1S/C13H21N3O3S/c1-3-7-15-9-11(20(14,18)19)8-12(15)13(17)16(4-2)10-5-6-10/h8-10H,3-7H2,1-2H3,(H2,14,18,19). The van der Waals surface area contributed by atoms with Crippen molar-refractivity contribution in [3.8, 4) is 0 Å². The molecule has 1 aliphatic rings. The molecule has 1 fully saturated rings. The van der Waals surface area contributed by atoms with E-state index >= 15 is 0 Å². The first-order valence-electron chi connectivity index (χ1n) is 6.92. The van der Waals surface area contributed by atoms with Crippen molar-refractivity contribution >= 4 is 15.9 Å². The normalized spacial score (nSPS) is 15.3. The summed E-state index contributed by atoms with van der Waals surface area (Å²) in [5.41, 5.74) is 0.407. The van der Waals surface area contributed by atoms with E-state index in [0.717, 1.165) is 19.3 Å². The SMILES string of the molecule is CCCn1cc(S(N)(=O)=O)cc1C(=O)N(CC)C1CC1. The Morgan fingerprint density at radius 1 is 1.45 bits per heavy atom. The number of nitrogens with two attached hydrogens (primary N) is 1. The average Bonchev–Trinajstić information content (AvgIpc) is 3.09. The van der Waals surface area contributed by atoms with E-state index in [0.29, 0.717) is 24.8 Å². The Hall–Kier alpha value is -1.34. The Balaban J connectivity index is 2.38. The van der Waals surface area contributed by atoms with E-state index in [2.05, 4.69) is 0 Å². The van der Waals surface area contributed by atoms with Crippen molar-refractivity contribution in [2.75, 3.05) is 6.54 Å². The van der Waals surface area contributed by atoms with Gasteiger partial charge in [0.05, 0.1) is 0 Å². The van der Waals surface area contributed by atoms with Crippen molar-refractivity contribution in [2.45, 2.75) is 50.6 Å². The molecule has 1 aromatic heterocycles. The van der Waals surface area contributed by atoms with Crippen LogP contribution in [0.4, 0.5) is 0 Å². The second-order valence-electron chi connectivity index (χ2n) is 5.12. The average molecular weight is 299 g/mol. The van der Waals surface area contributed by atoms with Crippen molar-refractivity contribution in [3.05, 3.63) is 18.0 Å². The predicted molar refractivity (Wildman–Crippen MR) is 75.8 cm³/mol. The number of aromatic nitrogens is 1. The van der Waals surface area contributed by atoms with Gasteiger partial charge < -0.3 is 9.47 Å². The van der Waals surface area contributed by atoms with Crippen LogP contribution >= 0.6 is 0 Å². The van der Waals surface area contributed by atoms with Gasteiger partial charge in [-0.3, -0.25) is 4.79 Å². The molecule has 0 spiro atoms. The summed E-state index contributed by atoms with van der Waals surface area (Å²) >= 11 is 0. The molecule has 0 saturated heterocycles. The molecule has 6 nitrogen and oxygen atoms in total. The van der Waals surface area contributed by atoms with Crippen LogP contribution in [0.3, 0.4) is 0 Å². The molecule has 112 valence electrons. The molecule has 2 N–H and O–H groups in total. The summed E-state index contributed by atoms with van der Waals surface area (Å²) in [6.07, 6.45) is 4.31. The summed E-state index contributed by atoms with van der Waals surface area (Å²) in [6.45, 7) is 5.14. The van der Waals surface area contributed by atoms with Crippen LogP contribution in [0, 0.1) is 0 Å². The van der Waals surface area contributed by atoms with Crippen LogP contribution < -0.4 is 5.14 Å². The number of carbonyl (C=O) groups is 1. The van der Waals surface area contributed by atoms with E-state index in [1.54, 1.807) is 9.47 Å². The van der Waals surface area contributed by atoms with Gasteiger partial charge in [0, 0.05) is 25.3 Å². The quantitative estimate of drug-likeness (QED) is 0.855. The molecule has 1 aliphatic carbocycles. The minimum atomic E-state index is -3.78. The van der Waals surface area contributed by atoms with Gasteiger partial charge in [-0.05, 0) is 32.3 Å². The number of hydrogen-bond acceptors (Lipinski definition) is 3. The number of carbonyl (C=O) groups excluding carboxylic acids is 1. The number of rotatable bonds is 6. The zero-order valence-corrected chi connectivity index (χ0v) is 12.7. The van der Waals surface area contributed by atoms with Gasteiger partial charge in [-0.2, -0.15) is 0 Å². The van der Waals surface area contributed by atoms with E-state index in [-0.39, 0.29) is 10.8 Å². The highest BCUT2D eigenvalue weighted by Crippen LogP contribution is 2.28. The summed E-state index contributed by atoms with van der Waals surface area (Å²) < 4.78 is 24.6. The van der Waals surface area contributed by atoms with E-state index < -0.39 is 10.0 Å². The molecular weight excluding hydrogens is 278 g/mol. The summed E-state index contributed by atoms with van der Waals surface area (Å²) in [6, 6.07) is 1.69. The molecule has 0 aromatic carbocycles. The van der Waals surface area contributed by atoms with Crippen LogP contribution in [0.5, 0.6) is 0 Å². The number of amides is 1. The number of sulfonamides is 1. The molecule has 7 heteroatoms. The lowest BCUT2D eigenvalue weighted by Gasteiger charge is -2.21. The smallest absolute Gasteiger partial charge is 0.270 e. The summed E-state index contributed by atoms with van der Waals surface area (Å²) in [7, 11) is -3.78. The van der Waals surface area contributed by atoms with Gasteiger partial charge in [-0.15, -0.1) is 0 Å². The highest BCUT2D eigenvalue weighted by Gasteiger charge is 2.33. The molecule has 2 rings (SSSR count). The molecule has 20 heavy (non-hydrogen) atoms. The molecule has 0 atom stereocenters. The molecule has 0 radical (unpaired) electrons. The topological polar surface area (TPSA) is 85.4 Å². The molecular formula is C13H21N3O3S. The first kappa shape index (κ1) is 15.1. The lowest BCUT2D eigenvalue weighted by Crippen LogP contribution is -2.34. The van der Waals surface area contributed by atoms with Gasteiger partial charge in [0.1, 0.15) is 10.6 Å². The van der Waals surface area contributed by atoms with Crippen molar-refractivity contribution in [2.24, 2.45) is 5.14 Å². The zero-order valence-electron chi connectivity index (χ0n) is 11.9. The Morgan fingerprint density at radius 3 is 2.55 bits per heavy atom. The Labute approximate surface area is 119 Å². The zero-order chi connectivity index (χ0) is 14.9. The maximum Gasteiger partial charge on any atom is 0.270 e. The first-order valence-corrected chi connectivity index (χ1v) is 8.47. The molecule has 0 unspecified atom stereocenters. The number of nitrogens with zero attached hydrogens (tertiary/aromatic N) is 2. The third kappa shape index (κ3) is 3.04. The molecule has 1 aromatic rings. The van der Waals surface area contributed by atoms with Gasteiger partial charge in [-0.1, -0.05) is 6.92 Å². The van der Waals surface area contributed by atoms with Gasteiger partial charge in [0.2, 0.25) is 10.0 Å². The number of primary sulfonamides is 1. The maximum atomic E-state index is 12.6. The number of aryl methyl sites for hydroxylation is 1. The van der Waals surface area contributed by atoms with Crippen LogP contribution in [0.2, 0.25) is 0 Å². The molecule has 1 heterocycles. The summed E-state index contributed by atoms with van der Waals surface area (Å²) in [4.78, 5) is 14.4. The highest BCUT2D eigenvalue weighted by atomic mass is 32.2. The van der Waals surface area contributed by atoms with Crippen molar-refractivity contribution in [3.63, 3.8) is 0 Å². The molecule has 1 amide bonds. The van der Waals surface area contributed by atoms with Crippen molar-refractivity contribution in [1.29, 1.82) is 0 Å². The second kappa shape index (κ2) is 5.57. The fourth-order valence-electron chi connectivity index (χ4n) is 2.35. The largest absolute Gasteiger partial charge is 0.342 e. The predicted octanol–water partition coefficient (Wildman–Crippen LogP) is 1.17. The molecule has 0 aliphatic heterocycles. The van der Waals surface area contributed by atoms with Crippen LogP contribution in [0.25, 0.3) is 0 Å². The van der Waals surface area contributed by atoms with Crippen LogP contribution in [-0.4, -0.2) is 36.4 Å². The van der Waals surface area contributed by atoms with Crippen LogP contribution in [0.1, 0.15) is 43.6 Å². The van der Waals surface area contributed by atoms with E-state index in [9.17, 15) is 13.2 Å². The Morgan fingerprint density at radius 2 is 2.10 bits per heavy atom. The fraction of sp³-hybridized carbons (Fsp3) is 0.615. The third-order valence-corrected chi connectivity index (χ3v) is 4.35. The minimum absolute atomic E-state index is 0.00106. The monoisotopic (exact) mass is 299 g/mol. The van der Waals surface area contributed by atoms with Gasteiger partial charge in [-0.25, -0.2) is 13.6 Å².